The van der Waals surface area contributed by atoms with Crippen molar-refractivity contribution in [3.63, 3.8) is 0 Å². The third-order valence-electron chi connectivity index (χ3n) is 6.25. The first-order chi connectivity index (χ1) is 12.8. The van der Waals surface area contributed by atoms with Crippen LogP contribution in [-0.2, 0) is 11.2 Å². The Morgan fingerprint density at radius 1 is 1.07 bits per heavy atom. The van der Waals surface area contributed by atoms with Crippen LogP contribution < -0.4 is 10.6 Å². The van der Waals surface area contributed by atoms with E-state index in [4.69, 9.17) is 14.1 Å². The van der Waals surface area contributed by atoms with Crippen LogP contribution in [0.4, 0.5) is 0 Å². The standard InChI is InChI=1S/C21H33N3O2.HI/c1-2-6-17(7-3-1)23-20(22-13-9-19-8-4-14-25-19)24-18-10-15-26-21(16-18)11-5-12-21;/h4,8,14,17-18H,1-3,5-7,9-13,15-16H2,(H2,22,23,24);1H. The van der Waals surface area contributed by atoms with Crippen molar-refractivity contribution in [1.82, 2.24) is 10.6 Å². The number of ether oxygens (including phenoxy) is 1. The number of hydrogen-bond acceptors (Lipinski definition) is 3. The first kappa shape index (κ1) is 21.0. The fourth-order valence-electron chi connectivity index (χ4n) is 4.57. The van der Waals surface area contributed by atoms with Gasteiger partial charge in [0.1, 0.15) is 5.76 Å². The van der Waals surface area contributed by atoms with Crippen molar-refractivity contribution in [1.29, 1.82) is 0 Å². The minimum Gasteiger partial charge on any atom is -0.469 e. The molecule has 1 unspecified atom stereocenters. The molecule has 0 aromatic carbocycles. The van der Waals surface area contributed by atoms with Gasteiger partial charge in [-0.2, -0.15) is 0 Å². The highest BCUT2D eigenvalue weighted by atomic mass is 127. The summed E-state index contributed by atoms with van der Waals surface area (Å²) in [4.78, 5) is 4.87. The summed E-state index contributed by atoms with van der Waals surface area (Å²) in [5, 5.41) is 7.45. The number of nitrogens with one attached hydrogen (secondary N) is 2. The lowest BCUT2D eigenvalue weighted by Gasteiger charge is -2.47. The van der Waals surface area contributed by atoms with E-state index in [0.29, 0.717) is 12.1 Å². The molecule has 3 fully saturated rings. The van der Waals surface area contributed by atoms with E-state index in [1.165, 1.54) is 51.4 Å². The molecule has 1 spiro atoms. The smallest absolute Gasteiger partial charge is 0.191 e. The molecule has 2 saturated carbocycles. The number of guanidine groups is 1. The SMILES string of the molecule is I.c1coc(CCN=C(NC2CCCCC2)NC2CCOC3(CCC3)C2)c1. The summed E-state index contributed by atoms with van der Waals surface area (Å²) in [7, 11) is 0. The van der Waals surface area contributed by atoms with Gasteiger partial charge >= 0.3 is 0 Å². The van der Waals surface area contributed by atoms with Gasteiger partial charge < -0.3 is 19.8 Å². The summed E-state index contributed by atoms with van der Waals surface area (Å²) >= 11 is 0. The Hall–Kier alpha value is -0.760. The normalized spacial score (nSPS) is 25.5. The van der Waals surface area contributed by atoms with Gasteiger partial charge in [0.25, 0.3) is 0 Å². The van der Waals surface area contributed by atoms with Gasteiger partial charge in [0.2, 0.25) is 0 Å². The number of aliphatic imine (C=N–C) groups is 1. The molecule has 1 saturated heterocycles. The average Bonchev–Trinajstić information content (AvgIpc) is 3.15. The average molecular weight is 487 g/mol. The van der Waals surface area contributed by atoms with E-state index in [-0.39, 0.29) is 29.6 Å². The number of furan rings is 1. The second kappa shape index (κ2) is 10.1. The van der Waals surface area contributed by atoms with Gasteiger partial charge in [0.15, 0.2) is 5.96 Å². The molecule has 6 heteroatoms. The molecular weight excluding hydrogens is 453 g/mol. The van der Waals surface area contributed by atoms with Crippen LogP contribution in [0.25, 0.3) is 0 Å². The van der Waals surface area contributed by atoms with Crippen LogP contribution in [0.3, 0.4) is 0 Å². The molecule has 1 aliphatic heterocycles. The highest BCUT2D eigenvalue weighted by molar-refractivity contribution is 14.0. The molecule has 3 aliphatic rings. The molecule has 152 valence electrons. The van der Waals surface area contributed by atoms with Crippen LogP contribution in [0.2, 0.25) is 0 Å². The van der Waals surface area contributed by atoms with Crippen molar-refractivity contribution in [3.05, 3.63) is 24.2 Å². The van der Waals surface area contributed by atoms with Crippen LogP contribution in [-0.4, -0.2) is 36.8 Å². The molecule has 0 radical (unpaired) electrons. The summed E-state index contributed by atoms with van der Waals surface area (Å²) in [6.45, 7) is 1.63. The van der Waals surface area contributed by atoms with Gasteiger partial charge in [-0.05, 0) is 57.1 Å². The maximum absolute atomic E-state index is 6.08. The van der Waals surface area contributed by atoms with E-state index >= 15 is 0 Å². The summed E-state index contributed by atoms with van der Waals surface area (Å²) in [5.74, 6) is 2.00. The lowest BCUT2D eigenvalue weighted by Crippen LogP contribution is -2.55. The highest BCUT2D eigenvalue weighted by Gasteiger charge is 2.42. The Bertz CT molecular complexity index is 580. The van der Waals surface area contributed by atoms with Gasteiger partial charge in [0, 0.05) is 31.7 Å². The second-order valence-electron chi connectivity index (χ2n) is 8.26. The Morgan fingerprint density at radius 3 is 2.59 bits per heavy atom. The molecule has 0 bridgehead atoms. The van der Waals surface area contributed by atoms with Gasteiger partial charge in [-0.3, -0.25) is 4.99 Å². The van der Waals surface area contributed by atoms with Gasteiger partial charge in [-0.15, -0.1) is 24.0 Å². The lowest BCUT2D eigenvalue weighted by atomic mass is 9.74. The summed E-state index contributed by atoms with van der Waals surface area (Å²) in [6.07, 6.45) is 15.1. The number of hydrogen-bond donors (Lipinski definition) is 2. The van der Waals surface area contributed by atoms with Crippen LogP contribution >= 0.6 is 24.0 Å². The van der Waals surface area contributed by atoms with E-state index in [1.807, 2.05) is 12.1 Å². The summed E-state index contributed by atoms with van der Waals surface area (Å²) < 4.78 is 11.5. The Balaban J connectivity index is 0.00000210. The van der Waals surface area contributed by atoms with Crippen molar-refractivity contribution in [3.8, 4) is 0 Å². The van der Waals surface area contributed by atoms with Crippen LogP contribution in [0, 0.1) is 0 Å². The van der Waals surface area contributed by atoms with Gasteiger partial charge in [-0.1, -0.05) is 19.3 Å². The number of rotatable bonds is 5. The van der Waals surface area contributed by atoms with E-state index in [1.54, 1.807) is 6.26 Å². The van der Waals surface area contributed by atoms with Gasteiger partial charge in [-0.25, -0.2) is 0 Å². The molecule has 0 amide bonds. The monoisotopic (exact) mass is 487 g/mol. The van der Waals surface area contributed by atoms with E-state index < -0.39 is 0 Å². The second-order valence-corrected chi connectivity index (χ2v) is 8.26. The summed E-state index contributed by atoms with van der Waals surface area (Å²) in [5.41, 5.74) is 0.167. The molecule has 27 heavy (non-hydrogen) atoms. The fraction of sp³-hybridized carbons (Fsp3) is 0.762. The quantitative estimate of drug-likeness (QED) is 0.367. The van der Waals surface area contributed by atoms with Crippen molar-refractivity contribution in [2.45, 2.75) is 88.3 Å². The van der Waals surface area contributed by atoms with Crippen molar-refractivity contribution in [2.24, 2.45) is 4.99 Å². The van der Waals surface area contributed by atoms with Crippen LogP contribution in [0.5, 0.6) is 0 Å². The van der Waals surface area contributed by atoms with Crippen molar-refractivity contribution in [2.75, 3.05) is 13.2 Å². The molecule has 2 N–H and O–H groups in total. The molecule has 2 heterocycles. The lowest BCUT2D eigenvalue weighted by molar-refractivity contribution is -0.134. The third-order valence-corrected chi connectivity index (χ3v) is 6.25. The van der Waals surface area contributed by atoms with E-state index in [0.717, 1.165) is 44.1 Å². The Kier molecular flexibility index (Phi) is 7.87. The predicted molar refractivity (Wildman–Crippen MR) is 119 cm³/mol. The Morgan fingerprint density at radius 2 is 1.89 bits per heavy atom. The first-order valence-electron chi connectivity index (χ1n) is 10.6. The molecule has 1 aromatic rings. The number of nitrogens with zero attached hydrogens (tertiary/aromatic N) is 1. The van der Waals surface area contributed by atoms with Crippen molar-refractivity contribution < 1.29 is 9.15 Å². The molecule has 4 rings (SSSR count). The highest BCUT2D eigenvalue weighted by Crippen LogP contribution is 2.42. The zero-order chi connectivity index (χ0) is 17.7. The molecule has 2 aliphatic carbocycles. The number of halogens is 1. The molecule has 1 aromatic heterocycles. The van der Waals surface area contributed by atoms with E-state index in [2.05, 4.69) is 10.6 Å². The topological polar surface area (TPSA) is 58.8 Å². The fourth-order valence-corrected chi connectivity index (χ4v) is 4.57. The van der Waals surface area contributed by atoms with Crippen LogP contribution in [0.15, 0.2) is 27.8 Å². The van der Waals surface area contributed by atoms with Crippen LogP contribution in [0.1, 0.15) is 70.0 Å². The van der Waals surface area contributed by atoms with E-state index in [9.17, 15) is 0 Å². The Labute approximate surface area is 180 Å². The first-order valence-corrected chi connectivity index (χ1v) is 10.6. The third kappa shape index (κ3) is 5.86. The van der Waals surface area contributed by atoms with Crippen molar-refractivity contribution >= 4 is 29.9 Å². The summed E-state index contributed by atoms with van der Waals surface area (Å²) in [6, 6.07) is 5.01. The maximum atomic E-state index is 6.08. The zero-order valence-corrected chi connectivity index (χ0v) is 18.6. The molecule has 5 nitrogen and oxygen atoms in total. The maximum Gasteiger partial charge on any atom is 0.191 e. The largest absolute Gasteiger partial charge is 0.469 e. The minimum atomic E-state index is 0. The minimum absolute atomic E-state index is 0. The molecule has 1 atom stereocenters. The zero-order valence-electron chi connectivity index (χ0n) is 16.3. The molecular formula is C21H34IN3O2. The van der Waals surface area contributed by atoms with Gasteiger partial charge in [0.05, 0.1) is 11.9 Å². The predicted octanol–water partition coefficient (Wildman–Crippen LogP) is 4.41.